The molecule has 1 aliphatic heterocycles. The molecule has 148 valence electrons. The first kappa shape index (κ1) is 19.1. The summed E-state index contributed by atoms with van der Waals surface area (Å²) in [6.45, 7) is 8.42. The molecule has 0 radical (unpaired) electrons. The number of hydrogen-bond donors (Lipinski definition) is 0. The van der Waals surface area contributed by atoms with E-state index in [-0.39, 0.29) is 4.90 Å². The Balaban J connectivity index is 1.57. The lowest BCUT2D eigenvalue weighted by Crippen LogP contribution is -2.45. The van der Waals surface area contributed by atoms with Crippen LogP contribution in [0.2, 0.25) is 0 Å². The Labute approximate surface area is 165 Å². The van der Waals surface area contributed by atoms with E-state index in [2.05, 4.69) is 22.8 Å². The van der Waals surface area contributed by atoms with Crippen molar-refractivity contribution in [1.82, 2.24) is 13.8 Å². The number of fused-ring (bicyclic) bond motifs is 1. The molecule has 4 rings (SSSR count). The van der Waals surface area contributed by atoms with Gasteiger partial charge >= 0.3 is 0 Å². The monoisotopic (exact) mass is 401 g/mol. The van der Waals surface area contributed by atoms with E-state index < -0.39 is 15.8 Å². The fourth-order valence-corrected chi connectivity index (χ4v) is 5.07. The normalized spacial score (nSPS) is 16.6. The van der Waals surface area contributed by atoms with E-state index >= 15 is 0 Å². The van der Waals surface area contributed by atoms with Crippen LogP contribution in [0.5, 0.6) is 0 Å². The van der Waals surface area contributed by atoms with Crippen molar-refractivity contribution >= 4 is 20.9 Å². The van der Waals surface area contributed by atoms with Crippen LogP contribution in [-0.4, -0.2) is 54.9 Å². The van der Waals surface area contributed by atoms with Gasteiger partial charge in [0.2, 0.25) is 0 Å². The van der Waals surface area contributed by atoms with Gasteiger partial charge in [0.25, 0.3) is 10.0 Å². The lowest BCUT2D eigenvalue weighted by Gasteiger charge is -2.34. The number of halogens is 1. The Morgan fingerprint density at radius 2 is 1.61 bits per heavy atom. The van der Waals surface area contributed by atoms with E-state index in [0.717, 1.165) is 56.8 Å². The summed E-state index contributed by atoms with van der Waals surface area (Å²) in [6.07, 6.45) is 1.56. The van der Waals surface area contributed by atoms with Crippen LogP contribution in [-0.2, 0) is 16.6 Å². The van der Waals surface area contributed by atoms with Gasteiger partial charge in [-0.3, -0.25) is 4.90 Å². The Hall–Kier alpha value is -2.22. The van der Waals surface area contributed by atoms with E-state index in [1.54, 1.807) is 6.20 Å². The molecule has 0 aliphatic carbocycles. The first-order valence-electron chi connectivity index (χ1n) is 9.53. The smallest absolute Gasteiger partial charge is 0.268 e. The van der Waals surface area contributed by atoms with E-state index in [1.165, 1.54) is 21.7 Å². The molecule has 3 aromatic rings. The van der Waals surface area contributed by atoms with Gasteiger partial charge in [0, 0.05) is 44.3 Å². The molecular weight excluding hydrogens is 377 g/mol. The van der Waals surface area contributed by atoms with Gasteiger partial charge in [0.15, 0.2) is 0 Å². The predicted molar refractivity (Wildman–Crippen MR) is 108 cm³/mol. The van der Waals surface area contributed by atoms with Gasteiger partial charge in [0.05, 0.1) is 10.4 Å². The summed E-state index contributed by atoms with van der Waals surface area (Å²) >= 11 is 0. The molecule has 1 aromatic heterocycles. The van der Waals surface area contributed by atoms with Crippen molar-refractivity contribution in [2.75, 3.05) is 32.7 Å². The maximum atomic E-state index is 13.1. The summed E-state index contributed by atoms with van der Waals surface area (Å²) in [5.74, 6) is -0.458. The lowest BCUT2D eigenvalue weighted by atomic mass is 10.1. The summed E-state index contributed by atoms with van der Waals surface area (Å²) < 4.78 is 40.2. The van der Waals surface area contributed by atoms with Gasteiger partial charge < -0.3 is 4.90 Å². The largest absolute Gasteiger partial charge is 0.301 e. The number of rotatable bonds is 5. The first-order valence-corrected chi connectivity index (χ1v) is 11.0. The standard InChI is InChI=1S/C21H24FN3O2S/c1-2-23-11-13-24(14-12-23)16-17-3-8-21-18(15-17)9-10-25(21)28(26,27)20-6-4-19(22)5-7-20/h3-10,15H,2,11-14,16H2,1H3. The molecule has 2 aromatic carbocycles. The summed E-state index contributed by atoms with van der Waals surface area (Å²) in [7, 11) is -3.75. The molecule has 5 nitrogen and oxygen atoms in total. The average molecular weight is 402 g/mol. The van der Waals surface area contributed by atoms with Crippen molar-refractivity contribution in [2.45, 2.75) is 18.4 Å². The molecule has 0 N–H and O–H groups in total. The third kappa shape index (κ3) is 3.70. The molecule has 0 amide bonds. The second-order valence-corrected chi connectivity index (χ2v) is 8.99. The Bertz CT molecular complexity index is 1070. The van der Waals surface area contributed by atoms with E-state index in [4.69, 9.17) is 0 Å². The van der Waals surface area contributed by atoms with Crippen molar-refractivity contribution in [2.24, 2.45) is 0 Å². The van der Waals surface area contributed by atoms with E-state index in [9.17, 15) is 12.8 Å². The van der Waals surface area contributed by atoms with Gasteiger partial charge in [-0.25, -0.2) is 16.8 Å². The number of benzene rings is 2. The highest BCUT2D eigenvalue weighted by molar-refractivity contribution is 7.90. The number of aromatic nitrogens is 1. The zero-order valence-corrected chi connectivity index (χ0v) is 16.7. The minimum absolute atomic E-state index is 0.0734. The van der Waals surface area contributed by atoms with Crippen LogP contribution in [0, 0.1) is 5.82 Å². The molecule has 0 spiro atoms. The third-order valence-corrected chi connectivity index (χ3v) is 7.11. The molecule has 1 saturated heterocycles. The van der Waals surface area contributed by atoms with Crippen molar-refractivity contribution in [3.05, 3.63) is 66.1 Å². The second-order valence-electron chi connectivity index (χ2n) is 7.17. The Kier molecular flexibility index (Phi) is 5.23. The maximum Gasteiger partial charge on any atom is 0.268 e. The number of hydrogen-bond acceptors (Lipinski definition) is 4. The molecule has 0 saturated carbocycles. The minimum Gasteiger partial charge on any atom is -0.301 e. The van der Waals surface area contributed by atoms with Crippen molar-refractivity contribution in [3.8, 4) is 0 Å². The van der Waals surface area contributed by atoms with Crippen LogP contribution in [0.15, 0.2) is 59.6 Å². The van der Waals surface area contributed by atoms with Crippen LogP contribution in [0.4, 0.5) is 4.39 Å². The van der Waals surface area contributed by atoms with Crippen molar-refractivity contribution in [1.29, 1.82) is 0 Å². The van der Waals surface area contributed by atoms with Crippen LogP contribution in [0.25, 0.3) is 10.9 Å². The minimum atomic E-state index is -3.75. The maximum absolute atomic E-state index is 13.1. The zero-order valence-electron chi connectivity index (χ0n) is 15.9. The SMILES string of the molecule is CCN1CCN(Cc2ccc3c(ccn3S(=O)(=O)c3ccc(F)cc3)c2)CC1. The predicted octanol–water partition coefficient (Wildman–Crippen LogP) is 3.15. The number of piperazine rings is 1. The molecule has 0 atom stereocenters. The molecule has 0 unspecified atom stereocenters. The molecular formula is C21H24FN3O2S. The summed E-state index contributed by atoms with van der Waals surface area (Å²) in [6, 6.07) is 12.6. The Morgan fingerprint density at radius 3 is 2.29 bits per heavy atom. The second kappa shape index (κ2) is 7.66. The van der Waals surface area contributed by atoms with Gasteiger partial charge in [-0.15, -0.1) is 0 Å². The summed E-state index contributed by atoms with van der Waals surface area (Å²) in [5, 5.41) is 0.885. The lowest BCUT2D eigenvalue weighted by molar-refractivity contribution is 0.132. The van der Waals surface area contributed by atoms with Crippen LogP contribution in [0.3, 0.4) is 0 Å². The first-order chi connectivity index (χ1) is 13.5. The highest BCUT2D eigenvalue weighted by Gasteiger charge is 2.20. The van der Waals surface area contributed by atoms with Gasteiger partial charge in [-0.05, 0) is 54.6 Å². The molecule has 28 heavy (non-hydrogen) atoms. The van der Waals surface area contributed by atoms with Crippen molar-refractivity contribution < 1.29 is 12.8 Å². The number of likely N-dealkylation sites (N-methyl/N-ethyl adjacent to an activating group) is 1. The fourth-order valence-electron chi connectivity index (χ4n) is 3.72. The highest BCUT2D eigenvalue weighted by atomic mass is 32.2. The van der Waals surface area contributed by atoms with E-state index in [1.807, 2.05) is 18.2 Å². The molecule has 2 heterocycles. The quantitative estimate of drug-likeness (QED) is 0.659. The van der Waals surface area contributed by atoms with Crippen molar-refractivity contribution in [3.63, 3.8) is 0 Å². The molecule has 1 aliphatic rings. The fraction of sp³-hybridized carbons (Fsp3) is 0.333. The van der Waals surface area contributed by atoms with Crippen LogP contribution >= 0.6 is 0 Å². The van der Waals surface area contributed by atoms with Gasteiger partial charge in [0.1, 0.15) is 5.82 Å². The molecule has 0 bridgehead atoms. The topological polar surface area (TPSA) is 45.5 Å². The van der Waals surface area contributed by atoms with Gasteiger partial charge in [-0.2, -0.15) is 0 Å². The third-order valence-electron chi connectivity index (χ3n) is 5.41. The van der Waals surface area contributed by atoms with Gasteiger partial charge in [-0.1, -0.05) is 13.0 Å². The zero-order chi connectivity index (χ0) is 19.7. The molecule has 1 fully saturated rings. The summed E-state index contributed by atoms with van der Waals surface area (Å²) in [4.78, 5) is 4.95. The highest BCUT2D eigenvalue weighted by Crippen LogP contribution is 2.24. The molecule has 7 heteroatoms. The Morgan fingerprint density at radius 1 is 0.929 bits per heavy atom. The summed E-state index contributed by atoms with van der Waals surface area (Å²) in [5.41, 5.74) is 1.80. The number of nitrogens with zero attached hydrogens (tertiary/aromatic N) is 3. The van der Waals surface area contributed by atoms with Crippen LogP contribution in [0.1, 0.15) is 12.5 Å². The average Bonchev–Trinajstić information content (AvgIpc) is 3.13. The van der Waals surface area contributed by atoms with Crippen LogP contribution < -0.4 is 0 Å². The van der Waals surface area contributed by atoms with E-state index in [0.29, 0.717) is 5.52 Å².